The number of anilines is 1. The first kappa shape index (κ1) is 23.9. The number of carbonyl (C=O) groups excluding carboxylic acids is 1. The predicted octanol–water partition coefficient (Wildman–Crippen LogP) is 5.66. The number of rotatable bonds is 8. The summed E-state index contributed by atoms with van der Waals surface area (Å²) >= 11 is 0. The SMILES string of the molecule is COC(=O)C1N(c2ccc(CCO[Si](C)(C)C(C)(C)C)cc2)C1(C(C)C)C(C)C. The van der Waals surface area contributed by atoms with Crippen molar-refractivity contribution in [1.82, 2.24) is 0 Å². The van der Waals surface area contributed by atoms with Crippen LogP contribution in [0.15, 0.2) is 24.3 Å². The highest BCUT2D eigenvalue weighted by molar-refractivity contribution is 6.74. The number of hydrogen-bond donors (Lipinski definition) is 0. The number of nitrogens with zero attached hydrogens (tertiary/aromatic N) is 1. The van der Waals surface area contributed by atoms with Gasteiger partial charge in [-0.3, -0.25) is 0 Å². The summed E-state index contributed by atoms with van der Waals surface area (Å²) < 4.78 is 11.4. The second-order valence-electron chi connectivity index (χ2n) is 10.5. The Morgan fingerprint density at radius 3 is 2.03 bits per heavy atom. The highest BCUT2D eigenvalue weighted by atomic mass is 28.4. The van der Waals surface area contributed by atoms with Crippen LogP contribution in [0.2, 0.25) is 18.1 Å². The van der Waals surface area contributed by atoms with Crippen LogP contribution in [0, 0.1) is 11.8 Å². The van der Waals surface area contributed by atoms with Crippen LogP contribution in [-0.4, -0.2) is 39.6 Å². The molecule has 0 aliphatic carbocycles. The Bertz CT molecular complexity index is 696. The normalized spacial score (nSPS) is 19.0. The van der Waals surface area contributed by atoms with Crippen molar-refractivity contribution in [2.45, 2.75) is 84.6 Å². The average Bonchev–Trinajstić information content (AvgIpc) is 3.32. The molecule has 0 spiro atoms. The second kappa shape index (κ2) is 8.42. The Balaban J connectivity index is 2.12. The van der Waals surface area contributed by atoms with E-state index in [1.54, 1.807) is 0 Å². The molecule has 5 heteroatoms. The molecule has 1 saturated heterocycles. The van der Waals surface area contributed by atoms with Gasteiger partial charge in [-0.15, -0.1) is 0 Å². The molecule has 2 rings (SSSR count). The molecule has 0 amide bonds. The summed E-state index contributed by atoms with van der Waals surface area (Å²) in [6.07, 6.45) is 0.909. The highest BCUT2D eigenvalue weighted by Gasteiger charge is 2.69. The van der Waals surface area contributed by atoms with E-state index in [0.29, 0.717) is 11.8 Å². The van der Waals surface area contributed by atoms with E-state index in [2.05, 4.69) is 90.7 Å². The molecule has 0 radical (unpaired) electrons. The van der Waals surface area contributed by atoms with E-state index in [4.69, 9.17) is 9.16 Å². The van der Waals surface area contributed by atoms with Crippen LogP contribution in [0.3, 0.4) is 0 Å². The Morgan fingerprint density at radius 2 is 1.62 bits per heavy atom. The molecule has 1 aromatic rings. The lowest BCUT2D eigenvalue weighted by atomic mass is 9.81. The van der Waals surface area contributed by atoms with Gasteiger partial charge in [0.15, 0.2) is 14.4 Å². The number of benzene rings is 1. The first-order valence-electron chi connectivity index (χ1n) is 10.9. The first-order valence-corrected chi connectivity index (χ1v) is 13.8. The second-order valence-corrected chi connectivity index (χ2v) is 15.3. The minimum atomic E-state index is -1.71. The van der Waals surface area contributed by atoms with Gasteiger partial charge in [0.05, 0.1) is 12.6 Å². The van der Waals surface area contributed by atoms with Gasteiger partial charge in [-0.05, 0) is 54.1 Å². The fourth-order valence-corrected chi connectivity index (χ4v) is 5.46. The third kappa shape index (κ3) is 4.41. The van der Waals surface area contributed by atoms with Crippen LogP contribution >= 0.6 is 0 Å². The van der Waals surface area contributed by atoms with Crippen molar-refractivity contribution in [1.29, 1.82) is 0 Å². The zero-order valence-electron chi connectivity index (χ0n) is 20.1. The van der Waals surface area contributed by atoms with E-state index in [-0.39, 0.29) is 22.6 Å². The maximum Gasteiger partial charge on any atom is 0.331 e. The largest absolute Gasteiger partial charge is 0.467 e. The van der Waals surface area contributed by atoms with Crippen molar-refractivity contribution in [3.05, 3.63) is 29.8 Å². The molecule has 1 aliphatic heterocycles. The van der Waals surface area contributed by atoms with E-state index < -0.39 is 8.32 Å². The lowest BCUT2D eigenvalue weighted by Crippen LogP contribution is -2.41. The fourth-order valence-electron chi connectivity index (χ4n) is 4.42. The minimum Gasteiger partial charge on any atom is -0.467 e. The Morgan fingerprint density at radius 1 is 1.10 bits per heavy atom. The van der Waals surface area contributed by atoms with Gasteiger partial charge in [-0.1, -0.05) is 60.6 Å². The minimum absolute atomic E-state index is 0.140. The molecular weight excluding hydrogens is 378 g/mol. The molecule has 0 aromatic heterocycles. The zero-order chi connectivity index (χ0) is 22.2. The molecule has 1 aromatic carbocycles. The standard InChI is InChI=1S/C24H41NO3Si/c1-17(2)24(18(3)4)21(22(26)27-8)25(24)20-13-11-19(12-14-20)15-16-28-29(9,10)23(5,6)7/h11-14,17-18,21H,15-16H2,1-10H3. The third-order valence-corrected chi connectivity index (χ3v) is 11.7. The number of esters is 1. The smallest absolute Gasteiger partial charge is 0.331 e. The molecule has 164 valence electrons. The van der Waals surface area contributed by atoms with Crippen molar-refractivity contribution >= 4 is 20.0 Å². The molecule has 1 fully saturated rings. The van der Waals surface area contributed by atoms with Crippen molar-refractivity contribution in [3.8, 4) is 0 Å². The maximum atomic E-state index is 12.5. The molecule has 0 saturated carbocycles. The van der Waals surface area contributed by atoms with Crippen molar-refractivity contribution in [3.63, 3.8) is 0 Å². The Hall–Kier alpha value is -1.33. The van der Waals surface area contributed by atoms with Crippen molar-refractivity contribution in [2.75, 3.05) is 18.6 Å². The summed E-state index contributed by atoms with van der Waals surface area (Å²) in [5.74, 6) is 0.563. The maximum absolute atomic E-state index is 12.5. The topological polar surface area (TPSA) is 38.5 Å². The van der Waals surface area contributed by atoms with Gasteiger partial charge in [0.25, 0.3) is 0 Å². The molecule has 1 unspecified atom stereocenters. The fraction of sp³-hybridized carbons (Fsp3) is 0.708. The molecule has 1 atom stereocenters. The van der Waals surface area contributed by atoms with E-state index in [1.165, 1.54) is 12.7 Å². The molecule has 0 N–H and O–H groups in total. The first-order chi connectivity index (χ1) is 13.3. The van der Waals surface area contributed by atoms with Crippen LogP contribution in [0.1, 0.15) is 54.0 Å². The third-order valence-electron chi connectivity index (χ3n) is 7.19. The Kier molecular flexibility index (Phi) is 6.95. The molecular formula is C24H41NO3Si. The summed E-state index contributed by atoms with van der Waals surface area (Å²) in [7, 11) is -0.226. The van der Waals surface area contributed by atoms with Gasteiger partial charge in [-0.25, -0.2) is 4.79 Å². The number of ether oxygens (including phenoxy) is 1. The molecule has 29 heavy (non-hydrogen) atoms. The lowest BCUT2D eigenvalue weighted by molar-refractivity contribution is -0.140. The van der Waals surface area contributed by atoms with E-state index in [1.807, 2.05) is 0 Å². The molecule has 4 nitrogen and oxygen atoms in total. The molecule has 1 aliphatic rings. The molecule has 1 heterocycles. The predicted molar refractivity (Wildman–Crippen MR) is 124 cm³/mol. The van der Waals surface area contributed by atoms with Crippen molar-refractivity contribution < 1.29 is 14.0 Å². The summed E-state index contributed by atoms with van der Waals surface area (Å²) in [6, 6.07) is 8.42. The average molecular weight is 420 g/mol. The van der Waals surface area contributed by atoms with E-state index in [0.717, 1.165) is 18.7 Å². The Labute approximate surface area is 179 Å². The quantitative estimate of drug-likeness (QED) is 0.309. The van der Waals surface area contributed by atoms with Gasteiger partial charge in [0, 0.05) is 12.3 Å². The van der Waals surface area contributed by atoms with Crippen LogP contribution in [-0.2, 0) is 20.4 Å². The number of carbonyl (C=O) groups is 1. The molecule has 0 bridgehead atoms. The van der Waals surface area contributed by atoms with Gasteiger partial charge >= 0.3 is 5.97 Å². The summed E-state index contributed by atoms with van der Waals surface area (Å²) in [5.41, 5.74) is 2.18. The zero-order valence-corrected chi connectivity index (χ0v) is 21.1. The van der Waals surface area contributed by atoms with Gasteiger partial charge in [0.1, 0.15) is 0 Å². The van der Waals surface area contributed by atoms with Crippen LogP contribution < -0.4 is 4.90 Å². The monoisotopic (exact) mass is 419 g/mol. The van der Waals surface area contributed by atoms with E-state index >= 15 is 0 Å². The van der Waals surface area contributed by atoms with Gasteiger partial charge in [-0.2, -0.15) is 0 Å². The van der Waals surface area contributed by atoms with Crippen molar-refractivity contribution in [2.24, 2.45) is 11.8 Å². The summed E-state index contributed by atoms with van der Waals surface area (Å²) in [6.45, 7) is 20.9. The summed E-state index contributed by atoms with van der Waals surface area (Å²) in [5, 5.41) is 0.232. The van der Waals surface area contributed by atoms with Gasteiger partial charge in [0.2, 0.25) is 0 Å². The van der Waals surface area contributed by atoms with E-state index in [9.17, 15) is 4.79 Å². The van der Waals surface area contributed by atoms with Crippen LogP contribution in [0.4, 0.5) is 5.69 Å². The van der Waals surface area contributed by atoms with Crippen LogP contribution in [0.25, 0.3) is 0 Å². The lowest BCUT2D eigenvalue weighted by Gasteiger charge is -2.36. The van der Waals surface area contributed by atoms with Crippen LogP contribution in [0.5, 0.6) is 0 Å². The summed E-state index contributed by atoms with van der Waals surface area (Å²) in [4.78, 5) is 14.7. The van der Waals surface area contributed by atoms with Gasteiger partial charge < -0.3 is 14.1 Å². The number of methoxy groups -OCH3 is 1. The number of hydrogen-bond acceptors (Lipinski definition) is 4. The highest BCUT2D eigenvalue weighted by Crippen LogP contribution is 2.55.